The summed E-state index contributed by atoms with van der Waals surface area (Å²) in [7, 11) is 0. The van der Waals surface area contributed by atoms with Gasteiger partial charge in [-0.05, 0) is 47.9 Å². The topological polar surface area (TPSA) is 49.3 Å². The molecule has 2 N–H and O–H groups in total. The Balaban J connectivity index is 2.08. The molecule has 0 saturated heterocycles. The first kappa shape index (κ1) is 15.8. The van der Waals surface area contributed by atoms with Crippen molar-refractivity contribution in [1.29, 1.82) is 0 Å². The van der Waals surface area contributed by atoms with Crippen LogP contribution >= 0.6 is 12.6 Å². The Labute approximate surface area is 151 Å². The largest absolute Gasteiger partial charge is 0.508 e. The fourth-order valence-corrected chi connectivity index (χ4v) is 3.79. The highest BCUT2D eigenvalue weighted by molar-refractivity contribution is 7.80. The van der Waals surface area contributed by atoms with E-state index in [2.05, 4.69) is 17.9 Å². The van der Waals surface area contributed by atoms with Gasteiger partial charge in [-0.25, -0.2) is 0 Å². The second-order valence-electron chi connectivity index (χ2n) is 6.30. The van der Waals surface area contributed by atoms with Crippen LogP contribution in [0, 0.1) is 6.92 Å². The van der Waals surface area contributed by atoms with E-state index < -0.39 is 5.41 Å². The molecule has 0 aliphatic carbocycles. The first-order chi connectivity index (χ1) is 12.0. The molecule has 0 aromatic heterocycles. The van der Waals surface area contributed by atoms with Crippen LogP contribution in [-0.4, -0.2) is 11.0 Å². The zero-order chi connectivity index (χ0) is 17.6. The highest BCUT2D eigenvalue weighted by Gasteiger charge is 2.50. The molecule has 124 valence electrons. The van der Waals surface area contributed by atoms with Crippen molar-refractivity contribution in [3.05, 3.63) is 89.0 Å². The summed E-state index contributed by atoms with van der Waals surface area (Å²) in [5, 5.41) is 12.7. The van der Waals surface area contributed by atoms with Gasteiger partial charge < -0.3 is 10.4 Å². The fourth-order valence-electron chi connectivity index (χ4n) is 3.64. The molecule has 1 atom stereocenters. The number of benzene rings is 3. The van der Waals surface area contributed by atoms with Crippen molar-refractivity contribution in [2.45, 2.75) is 17.2 Å². The molecule has 0 saturated carbocycles. The van der Waals surface area contributed by atoms with Crippen molar-refractivity contribution in [1.82, 2.24) is 0 Å². The lowest BCUT2D eigenvalue weighted by Crippen LogP contribution is -2.36. The average molecular weight is 347 g/mol. The van der Waals surface area contributed by atoms with E-state index in [4.69, 9.17) is 0 Å². The molecule has 3 aromatic carbocycles. The Morgan fingerprint density at radius 1 is 0.920 bits per heavy atom. The minimum Gasteiger partial charge on any atom is -0.508 e. The van der Waals surface area contributed by atoms with Crippen LogP contribution < -0.4 is 5.32 Å². The lowest BCUT2D eigenvalue weighted by Gasteiger charge is -2.29. The molecule has 4 rings (SSSR count). The first-order valence-corrected chi connectivity index (χ1v) is 8.49. The molecule has 1 amide bonds. The van der Waals surface area contributed by atoms with Gasteiger partial charge in [0, 0.05) is 16.1 Å². The van der Waals surface area contributed by atoms with Gasteiger partial charge in [0.2, 0.25) is 5.91 Å². The standard InChI is InChI=1S/C21H17NO2S/c1-13-3-2-4-18-19(13)22-20(24)21(18,14-5-9-16(23)10-6-14)15-7-11-17(25)12-8-15/h2-12,23,25H,1H3,(H,22,24)/t21-/m1/s1. The smallest absolute Gasteiger partial charge is 0.244 e. The summed E-state index contributed by atoms with van der Waals surface area (Å²) in [6.45, 7) is 1.99. The van der Waals surface area contributed by atoms with Crippen molar-refractivity contribution in [2.24, 2.45) is 0 Å². The molecule has 0 unspecified atom stereocenters. The van der Waals surface area contributed by atoms with Crippen LogP contribution in [0.15, 0.2) is 71.6 Å². The van der Waals surface area contributed by atoms with Gasteiger partial charge in [0.15, 0.2) is 0 Å². The molecule has 25 heavy (non-hydrogen) atoms. The first-order valence-electron chi connectivity index (χ1n) is 8.04. The maximum atomic E-state index is 13.3. The van der Waals surface area contributed by atoms with Gasteiger partial charge in [0.1, 0.15) is 11.2 Å². The molecule has 1 aliphatic heterocycles. The van der Waals surface area contributed by atoms with Crippen LogP contribution in [0.4, 0.5) is 5.69 Å². The molecule has 1 heterocycles. The predicted octanol–water partition coefficient (Wildman–Crippen LogP) is 4.28. The number of phenols is 1. The van der Waals surface area contributed by atoms with Crippen LogP contribution in [0.1, 0.15) is 22.3 Å². The minimum absolute atomic E-state index is 0.0885. The van der Waals surface area contributed by atoms with Gasteiger partial charge in [-0.3, -0.25) is 4.79 Å². The summed E-state index contributed by atoms with van der Waals surface area (Å²) in [6, 6.07) is 20.4. The normalized spacial score (nSPS) is 18.7. The summed E-state index contributed by atoms with van der Waals surface area (Å²) in [4.78, 5) is 14.1. The van der Waals surface area contributed by atoms with E-state index in [9.17, 15) is 9.90 Å². The number of anilines is 1. The lowest BCUT2D eigenvalue weighted by atomic mass is 9.70. The van der Waals surface area contributed by atoms with Gasteiger partial charge in [-0.1, -0.05) is 42.5 Å². The Bertz CT molecular complexity index is 917. The Morgan fingerprint density at radius 3 is 2.16 bits per heavy atom. The number of nitrogens with one attached hydrogen (secondary N) is 1. The fraction of sp³-hybridized carbons (Fsp3) is 0.0952. The lowest BCUT2D eigenvalue weighted by molar-refractivity contribution is -0.118. The van der Waals surface area contributed by atoms with Gasteiger partial charge in [-0.15, -0.1) is 12.6 Å². The maximum absolute atomic E-state index is 13.3. The monoisotopic (exact) mass is 347 g/mol. The van der Waals surface area contributed by atoms with E-state index in [1.165, 1.54) is 0 Å². The highest BCUT2D eigenvalue weighted by Crippen LogP contribution is 2.48. The number of phenolic OH excluding ortho intramolecular Hbond substituents is 1. The second-order valence-corrected chi connectivity index (χ2v) is 6.81. The summed E-state index contributed by atoms with van der Waals surface area (Å²) in [5.74, 6) is 0.0851. The number of thiol groups is 1. The minimum atomic E-state index is -0.948. The van der Waals surface area contributed by atoms with Crippen LogP contribution in [-0.2, 0) is 10.2 Å². The average Bonchev–Trinajstić information content (AvgIpc) is 2.91. The zero-order valence-electron chi connectivity index (χ0n) is 13.7. The Morgan fingerprint density at radius 2 is 1.52 bits per heavy atom. The van der Waals surface area contributed by atoms with E-state index >= 15 is 0 Å². The quantitative estimate of drug-likeness (QED) is 0.606. The van der Waals surface area contributed by atoms with Crippen LogP contribution in [0.3, 0.4) is 0 Å². The third kappa shape index (κ3) is 2.25. The van der Waals surface area contributed by atoms with Crippen molar-refractivity contribution in [3.8, 4) is 5.75 Å². The number of fused-ring (bicyclic) bond motifs is 1. The molecule has 0 bridgehead atoms. The highest BCUT2D eigenvalue weighted by atomic mass is 32.1. The molecule has 0 radical (unpaired) electrons. The predicted molar refractivity (Wildman–Crippen MR) is 101 cm³/mol. The molecule has 4 heteroatoms. The number of carbonyl (C=O) groups excluding carboxylic acids is 1. The van der Waals surface area contributed by atoms with Crippen LogP contribution in [0.5, 0.6) is 5.75 Å². The number of amides is 1. The van der Waals surface area contributed by atoms with E-state index in [0.717, 1.165) is 32.8 Å². The van der Waals surface area contributed by atoms with E-state index in [-0.39, 0.29) is 11.7 Å². The SMILES string of the molecule is Cc1cccc2c1NC(=O)[C@]2(c1ccc(O)cc1)c1ccc(S)cc1. The number of aryl methyl sites for hydroxylation is 1. The van der Waals surface area contributed by atoms with Gasteiger partial charge in [0.25, 0.3) is 0 Å². The number of hydrogen-bond acceptors (Lipinski definition) is 3. The Kier molecular flexibility index (Phi) is 3.58. The Hall–Kier alpha value is -2.72. The van der Waals surface area contributed by atoms with Crippen molar-refractivity contribution >= 4 is 24.2 Å². The molecular weight excluding hydrogens is 330 g/mol. The van der Waals surface area contributed by atoms with Crippen molar-refractivity contribution in [2.75, 3.05) is 5.32 Å². The van der Waals surface area contributed by atoms with Gasteiger partial charge in [-0.2, -0.15) is 0 Å². The summed E-state index contributed by atoms with van der Waals surface area (Å²) < 4.78 is 0. The van der Waals surface area contributed by atoms with Crippen molar-refractivity contribution in [3.63, 3.8) is 0 Å². The van der Waals surface area contributed by atoms with Gasteiger partial charge >= 0.3 is 0 Å². The number of aromatic hydroxyl groups is 1. The summed E-state index contributed by atoms with van der Waals surface area (Å²) >= 11 is 4.36. The van der Waals surface area contributed by atoms with E-state index in [1.54, 1.807) is 24.3 Å². The van der Waals surface area contributed by atoms with Crippen LogP contribution in [0.25, 0.3) is 0 Å². The molecule has 3 nitrogen and oxygen atoms in total. The third-order valence-electron chi connectivity index (χ3n) is 4.86. The maximum Gasteiger partial charge on any atom is 0.244 e. The third-order valence-corrected chi connectivity index (χ3v) is 5.15. The number of para-hydroxylation sites is 1. The van der Waals surface area contributed by atoms with Gasteiger partial charge in [0.05, 0.1) is 0 Å². The van der Waals surface area contributed by atoms with E-state index in [1.807, 2.05) is 49.4 Å². The number of carbonyl (C=O) groups is 1. The van der Waals surface area contributed by atoms with Crippen LogP contribution in [0.2, 0.25) is 0 Å². The number of rotatable bonds is 2. The molecular formula is C21H17NO2S. The van der Waals surface area contributed by atoms with E-state index in [0.29, 0.717) is 0 Å². The molecule has 3 aromatic rings. The zero-order valence-corrected chi connectivity index (χ0v) is 14.5. The summed E-state index contributed by atoms with van der Waals surface area (Å²) in [5.41, 5.74) is 3.55. The van der Waals surface area contributed by atoms with Crippen molar-refractivity contribution < 1.29 is 9.90 Å². The molecule has 0 fully saturated rings. The number of hydrogen-bond donors (Lipinski definition) is 3. The molecule has 1 aliphatic rings. The molecule has 0 spiro atoms. The second kappa shape index (κ2) is 5.67. The summed E-state index contributed by atoms with van der Waals surface area (Å²) in [6.07, 6.45) is 0.